The second-order valence-electron chi connectivity index (χ2n) is 5.55. The Bertz CT molecular complexity index is 749. The molecule has 0 aliphatic heterocycles. The molecule has 0 bridgehead atoms. The van der Waals surface area contributed by atoms with Crippen molar-refractivity contribution in [1.82, 2.24) is 0 Å². The first-order valence-electron chi connectivity index (χ1n) is 8.31. The number of benzene rings is 2. The SMILES string of the molecule is [CH]=C(COCc1ccc(C=C)cc1)C(=O)OCCN=Cc1ccccc1. The molecule has 0 aliphatic rings. The molecule has 2 aromatic rings. The molecule has 1 radical (unpaired) electrons. The van der Waals surface area contributed by atoms with Gasteiger partial charge in [-0.15, -0.1) is 0 Å². The molecule has 0 saturated carbocycles. The van der Waals surface area contributed by atoms with E-state index in [9.17, 15) is 4.79 Å². The molecule has 0 spiro atoms. The molecule has 2 aromatic carbocycles. The van der Waals surface area contributed by atoms with Crippen LogP contribution in [0.3, 0.4) is 0 Å². The van der Waals surface area contributed by atoms with E-state index in [2.05, 4.69) is 11.6 Å². The van der Waals surface area contributed by atoms with Gasteiger partial charge in [0.05, 0.1) is 25.3 Å². The van der Waals surface area contributed by atoms with E-state index in [0.717, 1.165) is 16.7 Å². The number of carbonyl (C=O) groups is 1. The highest BCUT2D eigenvalue weighted by Crippen LogP contribution is 2.07. The molecule has 0 fully saturated rings. The first-order chi connectivity index (χ1) is 12.7. The van der Waals surface area contributed by atoms with Crippen LogP contribution in [-0.4, -0.2) is 31.9 Å². The number of aliphatic imine (C=N–C) groups is 1. The third-order valence-corrected chi connectivity index (χ3v) is 3.50. The number of hydrogen-bond acceptors (Lipinski definition) is 4. The van der Waals surface area contributed by atoms with Gasteiger partial charge in [0.1, 0.15) is 6.61 Å². The second-order valence-corrected chi connectivity index (χ2v) is 5.55. The quantitative estimate of drug-likeness (QED) is 0.283. The van der Waals surface area contributed by atoms with E-state index in [1.54, 1.807) is 12.3 Å². The Morgan fingerprint density at radius 1 is 1.08 bits per heavy atom. The molecular formula is C22H22NO3. The van der Waals surface area contributed by atoms with Gasteiger partial charge in [0, 0.05) is 6.21 Å². The smallest absolute Gasteiger partial charge is 0.336 e. The minimum atomic E-state index is -0.568. The van der Waals surface area contributed by atoms with Crippen LogP contribution in [-0.2, 0) is 20.9 Å². The Balaban J connectivity index is 1.61. The van der Waals surface area contributed by atoms with Gasteiger partial charge in [0.15, 0.2) is 0 Å². The molecule has 0 heterocycles. The van der Waals surface area contributed by atoms with Gasteiger partial charge in [-0.3, -0.25) is 4.99 Å². The summed E-state index contributed by atoms with van der Waals surface area (Å²) in [4.78, 5) is 16.0. The summed E-state index contributed by atoms with van der Waals surface area (Å²) in [5, 5.41) is 0. The fourth-order valence-electron chi connectivity index (χ4n) is 2.08. The zero-order valence-corrected chi connectivity index (χ0v) is 14.6. The van der Waals surface area contributed by atoms with Crippen molar-refractivity contribution < 1.29 is 14.3 Å². The zero-order valence-electron chi connectivity index (χ0n) is 14.6. The number of esters is 1. The molecule has 0 saturated heterocycles. The van der Waals surface area contributed by atoms with E-state index in [1.807, 2.05) is 54.6 Å². The number of hydrogen-bond donors (Lipinski definition) is 0. The van der Waals surface area contributed by atoms with Gasteiger partial charge >= 0.3 is 5.97 Å². The van der Waals surface area contributed by atoms with E-state index >= 15 is 0 Å². The molecular weight excluding hydrogens is 326 g/mol. The number of nitrogens with zero attached hydrogens (tertiary/aromatic N) is 1. The van der Waals surface area contributed by atoms with Crippen LogP contribution in [0.1, 0.15) is 16.7 Å². The van der Waals surface area contributed by atoms with Gasteiger partial charge in [0.2, 0.25) is 0 Å². The van der Waals surface area contributed by atoms with Crippen molar-refractivity contribution in [2.24, 2.45) is 4.99 Å². The Hall–Kier alpha value is -2.98. The minimum absolute atomic E-state index is 0.0231. The van der Waals surface area contributed by atoms with Gasteiger partial charge in [-0.25, -0.2) is 4.79 Å². The lowest BCUT2D eigenvalue weighted by Gasteiger charge is -2.07. The largest absolute Gasteiger partial charge is 0.460 e. The van der Waals surface area contributed by atoms with Crippen LogP contribution in [0.5, 0.6) is 0 Å². The minimum Gasteiger partial charge on any atom is -0.460 e. The monoisotopic (exact) mass is 348 g/mol. The summed E-state index contributed by atoms with van der Waals surface area (Å²) in [5.41, 5.74) is 3.07. The third kappa shape index (κ3) is 6.87. The molecule has 133 valence electrons. The molecule has 2 rings (SSSR count). The summed E-state index contributed by atoms with van der Waals surface area (Å²) < 4.78 is 10.5. The van der Waals surface area contributed by atoms with Gasteiger partial charge in [-0.05, 0) is 23.3 Å². The molecule has 26 heavy (non-hydrogen) atoms. The van der Waals surface area contributed by atoms with Crippen molar-refractivity contribution in [3.05, 3.63) is 90.0 Å². The number of carbonyl (C=O) groups excluding carboxylic acids is 1. The zero-order chi connectivity index (χ0) is 18.6. The van der Waals surface area contributed by atoms with E-state index in [1.165, 1.54) is 0 Å². The molecule has 0 aliphatic carbocycles. The summed E-state index contributed by atoms with van der Waals surface area (Å²) in [6, 6.07) is 17.5. The van der Waals surface area contributed by atoms with Crippen molar-refractivity contribution in [1.29, 1.82) is 0 Å². The van der Waals surface area contributed by atoms with E-state index in [4.69, 9.17) is 16.1 Å². The molecule has 4 heteroatoms. The molecule has 0 amide bonds. The predicted molar refractivity (Wildman–Crippen MR) is 104 cm³/mol. The van der Waals surface area contributed by atoms with Crippen molar-refractivity contribution in [3.8, 4) is 0 Å². The van der Waals surface area contributed by atoms with Crippen LogP contribution in [0.4, 0.5) is 0 Å². The maximum atomic E-state index is 11.8. The summed E-state index contributed by atoms with van der Waals surface area (Å²) in [5.74, 6) is -0.568. The Labute approximate surface area is 154 Å². The fraction of sp³-hybridized carbons (Fsp3) is 0.182. The summed E-state index contributed by atoms with van der Waals surface area (Å²) >= 11 is 0. The molecule has 0 N–H and O–H groups in total. The standard InChI is InChI=1S/C22H22NO3/c1-3-19-9-11-21(12-10-19)17-25-16-18(2)22(24)26-14-13-23-15-20-7-5-4-6-8-20/h2-12,15H,1,13-14,16-17H2. The van der Waals surface area contributed by atoms with Crippen LogP contribution in [0.25, 0.3) is 6.08 Å². The lowest BCUT2D eigenvalue weighted by Crippen LogP contribution is -2.14. The first-order valence-corrected chi connectivity index (χ1v) is 8.31. The Morgan fingerprint density at radius 3 is 2.50 bits per heavy atom. The van der Waals surface area contributed by atoms with E-state index in [0.29, 0.717) is 13.2 Å². The van der Waals surface area contributed by atoms with Crippen LogP contribution < -0.4 is 0 Å². The van der Waals surface area contributed by atoms with Crippen molar-refractivity contribution >= 4 is 18.3 Å². The normalized spacial score (nSPS) is 10.6. The number of ether oxygens (including phenoxy) is 2. The van der Waals surface area contributed by atoms with Crippen LogP contribution in [0, 0.1) is 6.58 Å². The Kier molecular flexibility index (Phi) is 8.03. The lowest BCUT2D eigenvalue weighted by molar-refractivity contribution is -0.139. The maximum Gasteiger partial charge on any atom is 0.336 e. The van der Waals surface area contributed by atoms with Crippen molar-refractivity contribution in [2.45, 2.75) is 6.61 Å². The van der Waals surface area contributed by atoms with Crippen molar-refractivity contribution in [2.75, 3.05) is 19.8 Å². The van der Waals surface area contributed by atoms with Gasteiger partial charge in [-0.2, -0.15) is 0 Å². The van der Waals surface area contributed by atoms with Gasteiger partial charge in [-0.1, -0.05) is 67.3 Å². The van der Waals surface area contributed by atoms with Crippen LogP contribution >= 0.6 is 0 Å². The number of rotatable bonds is 10. The van der Waals surface area contributed by atoms with Gasteiger partial charge in [0.25, 0.3) is 0 Å². The van der Waals surface area contributed by atoms with Crippen LogP contribution in [0.2, 0.25) is 0 Å². The molecule has 0 unspecified atom stereocenters. The lowest BCUT2D eigenvalue weighted by atomic mass is 10.1. The van der Waals surface area contributed by atoms with Gasteiger partial charge < -0.3 is 9.47 Å². The molecule has 0 aromatic heterocycles. The van der Waals surface area contributed by atoms with Crippen LogP contribution in [0.15, 0.2) is 71.7 Å². The topological polar surface area (TPSA) is 47.9 Å². The average Bonchev–Trinajstić information content (AvgIpc) is 2.68. The highest BCUT2D eigenvalue weighted by molar-refractivity contribution is 5.87. The van der Waals surface area contributed by atoms with E-state index < -0.39 is 5.97 Å². The Morgan fingerprint density at radius 2 is 1.81 bits per heavy atom. The van der Waals surface area contributed by atoms with Crippen molar-refractivity contribution in [3.63, 3.8) is 0 Å². The highest BCUT2D eigenvalue weighted by atomic mass is 16.5. The average molecular weight is 348 g/mol. The van der Waals surface area contributed by atoms with E-state index in [-0.39, 0.29) is 18.8 Å². The second kappa shape index (κ2) is 10.8. The molecule has 4 nitrogen and oxygen atoms in total. The molecule has 0 atom stereocenters. The summed E-state index contributed by atoms with van der Waals surface area (Å²) in [6.07, 6.45) is 3.51. The summed E-state index contributed by atoms with van der Waals surface area (Å²) in [7, 11) is 0. The maximum absolute atomic E-state index is 11.8. The third-order valence-electron chi connectivity index (χ3n) is 3.50. The first kappa shape index (κ1) is 19.3. The fourth-order valence-corrected chi connectivity index (χ4v) is 2.08. The predicted octanol–water partition coefficient (Wildman–Crippen LogP) is 3.87. The summed E-state index contributed by atoms with van der Waals surface area (Å²) in [6.45, 7) is 10.3. The highest BCUT2D eigenvalue weighted by Gasteiger charge is 2.08.